The molecule has 2 rings (SSSR count). The van der Waals surface area contributed by atoms with Crippen LogP contribution in [0.25, 0.3) is 10.8 Å². The molecule has 16 heavy (non-hydrogen) atoms. The van der Waals surface area contributed by atoms with Gasteiger partial charge in [-0.15, -0.1) is 0 Å². The molecule has 0 amide bonds. The van der Waals surface area contributed by atoms with Crippen molar-refractivity contribution in [3.63, 3.8) is 0 Å². The smallest absolute Gasteiger partial charge is 0.0323 e. The number of hydrogen-bond donors (Lipinski definition) is 1. The van der Waals surface area contributed by atoms with Crippen LogP contribution in [0.2, 0.25) is 0 Å². The normalized spacial score (nSPS) is 12.0. The summed E-state index contributed by atoms with van der Waals surface area (Å²) in [6, 6.07) is 10.7. The topological polar surface area (TPSA) is 26.0 Å². The average molecular weight is 213 g/mol. The molecule has 0 aliphatic heterocycles. The Morgan fingerprint density at radius 2 is 1.69 bits per heavy atom. The van der Waals surface area contributed by atoms with Gasteiger partial charge in [-0.05, 0) is 40.8 Å². The lowest BCUT2D eigenvalue weighted by Crippen LogP contribution is -2.12. The molecule has 0 unspecified atom stereocenters. The molecule has 0 saturated heterocycles. The minimum atomic E-state index is 0.128. The third-order valence-electron chi connectivity index (χ3n) is 2.94. The third-order valence-corrected chi connectivity index (χ3v) is 2.94. The first-order valence-electron chi connectivity index (χ1n) is 5.68. The molecule has 0 bridgehead atoms. The Hall–Kier alpha value is -1.50. The van der Waals surface area contributed by atoms with Crippen molar-refractivity contribution in [2.24, 2.45) is 0 Å². The molecule has 0 aromatic heterocycles. The van der Waals surface area contributed by atoms with Crippen molar-refractivity contribution in [1.29, 1.82) is 0 Å². The molecular formula is C15H19N. The summed E-state index contributed by atoms with van der Waals surface area (Å²) in [6.45, 7) is 8.78. The maximum atomic E-state index is 5.97. The van der Waals surface area contributed by atoms with E-state index in [4.69, 9.17) is 5.73 Å². The summed E-state index contributed by atoms with van der Waals surface area (Å²) in [5, 5.41) is 2.55. The molecule has 1 nitrogen and oxygen atoms in total. The molecule has 84 valence electrons. The highest BCUT2D eigenvalue weighted by Gasteiger charge is 2.17. The van der Waals surface area contributed by atoms with Crippen LogP contribution >= 0.6 is 0 Å². The van der Waals surface area contributed by atoms with Crippen molar-refractivity contribution < 1.29 is 0 Å². The fourth-order valence-corrected chi connectivity index (χ4v) is 2.13. The van der Waals surface area contributed by atoms with Crippen molar-refractivity contribution >= 4 is 16.5 Å². The van der Waals surface area contributed by atoms with Crippen molar-refractivity contribution in [2.45, 2.75) is 33.1 Å². The van der Waals surface area contributed by atoms with Crippen molar-refractivity contribution in [2.75, 3.05) is 5.73 Å². The van der Waals surface area contributed by atoms with Gasteiger partial charge in [-0.3, -0.25) is 0 Å². The Morgan fingerprint density at radius 3 is 2.31 bits per heavy atom. The van der Waals surface area contributed by atoms with Crippen LogP contribution in [0.4, 0.5) is 5.69 Å². The number of nitrogens with two attached hydrogens (primary N) is 1. The van der Waals surface area contributed by atoms with Gasteiger partial charge in [-0.2, -0.15) is 0 Å². The summed E-state index contributed by atoms with van der Waals surface area (Å²) in [5.74, 6) is 0. The second-order valence-electron chi connectivity index (χ2n) is 5.54. The van der Waals surface area contributed by atoms with Gasteiger partial charge in [0.25, 0.3) is 0 Å². The summed E-state index contributed by atoms with van der Waals surface area (Å²) in [5.41, 5.74) is 9.55. The maximum Gasteiger partial charge on any atom is 0.0323 e. The number of rotatable bonds is 0. The predicted octanol–water partition coefficient (Wildman–Crippen LogP) is 4.03. The Labute approximate surface area is 97.3 Å². The molecule has 0 aliphatic rings. The van der Waals surface area contributed by atoms with Gasteiger partial charge in [0.1, 0.15) is 0 Å². The monoisotopic (exact) mass is 213 g/mol. The lowest BCUT2D eigenvalue weighted by molar-refractivity contribution is 0.596. The molecule has 1 heteroatoms. The van der Waals surface area contributed by atoms with Gasteiger partial charge in [0.05, 0.1) is 0 Å². The van der Waals surface area contributed by atoms with E-state index in [1.54, 1.807) is 0 Å². The van der Waals surface area contributed by atoms with Gasteiger partial charge in [0, 0.05) is 5.69 Å². The average Bonchev–Trinajstić information content (AvgIpc) is 2.14. The number of hydrogen-bond acceptors (Lipinski definition) is 1. The van der Waals surface area contributed by atoms with E-state index in [9.17, 15) is 0 Å². The van der Waals surface area contributed by atoms with Gasteiger partial charge < -0.3 is 5.73 Å². The van der Waals surface area contributed by atoms with Gasteiger partial charge in [0.2, 0.25) is 0 Å². The SMILES string of the molecule is Cc1ccc2c(C(C)(C)C)cc(N)cc2c1. The van der Waals surface area contributed by atoms with E-state index in [1.807, 2.05) is 0 Å². The molecule has 0 saturated carbocycles. The van der Waals surface area contributed by atoms with Gasteiger partial charge in [0.15, 0.2) is 0 Å². The highest BCUT2D eigenvalue weighted by Crippen LogP contribution is 2.32. The fraction of sp³-hybridized carbons (Fsp3) is 0.333. The molecular weight excluding hydrogens is 194 g/mol. The summed E-state index contributed by atoms with van der Waals surface area (Å²) in [6.07, 6.45) is 0. The van der Waals surface area contributed by atoms with E-state index < -0.39 is 0 Å². The minimum Gasteiger partial charge on any atom is -0.399 e. The minimum absolute atomic E-state index is 0.128. The first-order chi connectivity index (χ1) is 7.38. The number of anilines is 1. The van der Waals surface area contributed by atoms with Crippen LogP contribution in [0.5, 0.6) is 0 Å². The molecule has 2 aromatic carbocycles. The van der Waals surface area contributed by atoms with Crippen molar-refractivity contribution in [3.8, 4) is 0 Å². The zero-order valence-corrected chi connectivity index (χ0v) is 10.5. The first kappa shape index (κ1) is 11.0. The van der Waals surface area contributed by atoms with Crippen LogP contribution < -0.4 is 5.73 Å². The third kappa shape index (κ3) is 1.90. The largest absolute Gasteiger partial charge is 0.399 e. The second kappa shape index (κ2) is 3.51. The number of fused-ring (bicyclic) bond motifs is 1. The van der Waals surface area contributed by atoms with Crippen molar-refractivity contribution in [3.05, 3.63) is 41.5 Å². The summed E-state index contributed by atoms with van der Waals surface area (Å²) in [4.78, 5) is 0. The van der Waals surface area contributed by atoms with Crippen molar-refractivity contribution in [1.82, 2.24) is 0 Å². The molecule has 0 fully saturated rings. The Bertz CT molecular complexity index is 528. The molecule has 0 aliphatic carbocycles. The Morgan fingerprint density at radius 1 is 1.00 bits per heavy atom. The van der Waals surface area contributed by atoms with E-state index in [1.165, 1.54) is 21.9 Å². The molecule has 0 atom stereocenters. The van der Waals surface area contributed by atoms with E-state index in [0.717, 1.165) is 5.69 Å². The second-order valence-corrected chi connectivity index (χ2v) is 5.54. The van der Waals surface area contributed by atoms with E-state index in [0.29, 0.717) is 0 Å². The van der Waals surface area contributed by atoms with E-state index >= 15 is 0 Å². The summed E-state index contributed by atoms with van der Waals surface area (Å²) in [7, 11) is 0. The molecule has 0 heterocycles. The van der Waals surface area contributed by atoms with Crippen LogP contribution in [0, 0.1) is 6.92 Å². The molecule has 2 N–H and O–H groups in total. The van der Waals surface area contributed by atoms with E-state index in [2.05, 4.69) is 58.0 Å². The zero-order chi connectivity index (χ0) is 11.9. The lowest BCUT2D eigenvalue weighted by Gasteiger charge is -2.22. The standard InChI is InChI=1S/C15H19N/c1-10-5-6-13-11(7-10)8-12(16)9-14(13)15(2,3)4/h5-9H,16H2,1-4H3. The Kier molecular flexibility index (Phi) is 2.42. The zero-order valence-electron chi connectivity index (χ0n) is 10.5. The molecule has 2 aromatic rings. The Balaban J connectivity index is 2.83. The first-order valence-corrected chi connectivity index (χ1v) is 5.68. The highest BCUT2D eigenvalue weighted by atomic mass is 14.5. The van der Waals surface area contributed by atoms with Gasteiger partial charge >= 0.3 is 0 Å². The summed E-state index contributed by atoms with van der Waals surface area (Å²) < 4.78 is 0. The maximum absolute atomic E-state index is 5.97. The molecule has 0 radical (unpaired) electrons. The van der Waals surface area contributed by atoms with Gasteiger partial charge in [-0.1, -0.05) is 44.5 Å². The number of nitrogen functional groups attached to an aromatic ring is 1. The van der Waals surface area contributed by atoms with Gasteiger partial charge in [-0.25, -0.2) is 0 Å². The van der Waals surface area contributed by atoms with Crippen LogP contribution in [-0.2, 0) is 5.41 Å². The fourth-order valence-electron chi connectivity index (χ4n) is 2.13. The number of aryl methyl sites for hydroxylation is 1. The van der Waals surface area contributed by atoms with Crippen LogP contribution in [-0.4, -0.2) is 0 Å². The summed E-state index contributed by atoms with van der Waals surface area (Å²) >= 11 is 0. The number of benzene rings is 2. The van der Waals surface area contributed by atoms with Crippen LogP contribution in [0.3, 0.4) is 0 Å². The molecule has 0 spiro atoms. The predicted molar refractivity (Wildman–Crippen MR) is 71.8 cm³/mol. The highest BCUT2D eigenvalue weighted by molar-refractivity contribution is 5.90. The quantitative estimate of drug-likeness (QED) is 0.657. The van der Waals surface area contributed by atoms with Crippen LogP contribution in [0.1, 0.15) is 31.9 Å². The van der Waals surface area contributed by atoms with E-state index in [-0.39, 0.29) is 5.41 Å². The van der Waals surface area contributed by atoms with Crippen LogP contribution in [0.15, 0.2) is 30.3 Å². The lowest BCUT2D eigenvalue weighted by atomic mass is 9.83.